The van der Waals surface area contributed by atoms with Crippen LogP contribution in [0.1, 0.15) is 24.0 Å². The van der Waals surface area contributed by atoms with Crippen molar-refractivity contribution in [1.29, 1.82) is 0 Å². The molecule has 106 valence electrons. The number of halogens is 1. The number of rotatable bonds is 5. The molecule has 19 heavy (non-hydrogen) atoms. The third-order valence-corrected chi connectivity index (χ3v) is 4.28. The van der Waals surface area contributed by atoms with Gasteiger partial charge in [0.25, 0.3) is 0 Å². The summed E-state index contributed by atoms with van der Waals surface area (Å²) in [6, 6.07) is 3.84. The highest BCUT2D eigenvalue weighted by atomic mass is 35.5. The van der Waals surface area contributed by atoms with Crippen LogP contribution in [0.2, 0.25) is 5.02 Å². The van der Waals surface area contributed by atoms with E-state index in [0.29, 0.717) is 6.61 Å². The van der Waals surface area contributed by atoms with Crippen LogP contribution in [-0.2, 0) is 0 Å². The van der Waals surface area contributed by atoms with Crippen LogP contribution in [0.25, 0.3) is 0 Å². The lowest BCUT2D eigenvalue weighted by atomic mass is 10.1. The molecule has 1 fully saturated rings. The van der Waals surface area contributed by atoms with Crippen molar-refractivity contribution in [2.45, 2.75) is 32.8 Å². The summed E-state index contributed by atoms with van der Waals surface area (Å²) in [5.41, 5.74) is 2.02. The van der Waals surface area contributed by atoms with E-state index in [9.17, 15) is 5.11 Å². The summed E-state index contributed by atoms with van der Waals surface area (Å²) in [4.78, 5) is 1.49. The minimum atomic E-state index is -0.399. The second-order valence-electron chi connectivity index (χ2n) is 5.50. The molecule has 0 spiro atoms. The molecule has 1 aliphatic heterocycles. The quantitative estimate of drug-likeness (QED) is 0.856. The summed E-state index contributed by atoms with van der Waals surface area (Å²) in [5.74, 6) is 0.787. The Morgan fingerprint density at radius 3 is 2.42 bits per heavy atom. The van der Waals surface area contributed by atoms with Gasteiger partial charge in [-0.15, -0.1) is 0 Å². The van der Waals surface area contributed by atoms with E-state index in [-0.39, 0.29) is 0 Å². The Hall–Kier alpha value is -0.770. The average Bonchev–Trinajstić information content (AvgIpc) is 2.86. The van der Waals surface area contributed by atoms with Crippen LogP contribution in [0.4, 0.5) is 0 Å². The third kappa shape index (κ3) is 4.10. The minimum absolute atomic E-state index is 0.351. The van der Waals surface area contributed by atoms with E-state index in [1.165, 1.54) is 30.8 Å². The van der Waals surface area contributed by atoms with Gasteiger partial charge in [-0.2, -0.15) is 0 Å². The first kappa shape index (κ1) is 14.6. The van der Waals surface area contributed by atoms with Gasteiger partial charge in [0.2, 0.25) is 0 Å². The molecule has 1 heterocycles. The van der Waals surface area contributed by atoms with Crippen molar-refractivity contribution in [3.8, 4) is 5.75 Å². The van der Waals surface area contributed by atoms with E-state index < -0.39 is 6.10 Å². The molecule has 1 saturated heterocycles. The Bertz CT molecular complexity index is 407. The van der Waals surface area contributed by atoms with E-state index in [0.717, 1.165) is 28.4 Å². The number of hydrogen-bond donors (Lipinski definition) is 2. The molecule has 3 nitrogen and oxygen atoms in total. The molecule has 1 atom stereocenters. The van der Waals surface area contributed by atoms with Crippen molar-refractivity contribution >= 4 is 11.6 Å². The first-order valence-corrected chi connectivity index (χ1v) is 7.35. The zero-order valence-electron chi connectivity index (χ0n) is 11.7. The molecule has 2 N–H and O–H groups in total. The van der Waals surface area contributed by atoms with Crippen LogP contribution in [0.3, 0.4) is 0 Å². The van der Waals surface area contributed by atoms with Gasteiger partial charge in [-0.05, 0) is 37.1 Å². The van der Waals surface area contributed by atoms with E-state index >= 15 is 0 Å². The van der Waals surface area contributed by atoms with Gasteiger partial charge in [-0.3, -0.25) is 0 Å². The number of ether oxygens (including phenoxy) is 1. The zero-order valence-corrected chi connectivity index (χ0v) is 12.5. The number of benzene rings is 1. The Morgan fingerprint density at radius 2 is 1.84 bits per heavy atom. The topological polar surface area (TPSA) is 33.9 Å². The number of quaternary nitrogens is 1. The van der Waals surface area contributed by atoms with Crippen LogP contribution < -0.4 is 9.64 Å². The lowest BCUT2D eigenvalue weighted by molar-refractivity contribution is -0.890. The maximum atomic E-state index is 9.99. The predicted molar refractivity (Wildman–Crippen MR) is 77.2 cm³/mol. The van der Waals surface area contributed by atoms with Crippen molar-refractivity contribution in [2.75, 3.05) is 26.2 Å². The van der Waals surface area contributed by atoms with Gasteiger partial charge in [0, 0.05) is 17.9 Å². The van der Waals surface area contributed by atoms with Crippen LogP contribution in [0.5, 0.6) is 5.75 Å². The first-order chi connectivity index (χ1) is 9.06. The summed E-state index contributed by atoms with van der Waals surface area (Å²) in [7, 11) is 0. The van der Waals surface area contributed by atoms with Crippen LogP contribution in [-0.4, -0.2) is 37.5 Å². The standard InChI is InChI=1S/C15H22ClNO2/c1-11-7-14(8-12(2)15(11)16)19-10-13(18)9-17-5-3-4-6-17/h7-8,13,18H,3-6,9-10H2,1-2H3/p+1/t13-/m0/s1. The lowest BCUT2D eigenvalue weighted by Crippen LogP contribution is -3.11. The second kappa shape index (κ2) is 6.60. The van der Waals surface area contributed by atoms with E-state index in [1.807, 2.05) is 26.0 Å². The Kier molecular flexibility index (Phi) is 5.08. The number of aryl methyl sites for hydroxylation is 2. The number of nitrogens with one attached hydrogen (secondary N) is 1. The molecule has 1 aromatic carbocycles. The molecule has 0 aromatic heterocycles. The van der Waals surface area contributed by atoms with Crippen LogP contribution >= 0.6 is 11.6 Å². The fourth-order valence-electron chi connectivity index (χ4n) is 2.65. The smallest absolute Gasteiger partial charge is 0.137 e. The average molecular weight is 285 g/mol. The number of aliphatic hydroxyl groups excluding tert-OH is 1. The Labute approximate surface area is 120 Å². The Balaban J connectivity index is 1.84. The van der Waals surface area contributed by atoms with Crippen molar-refractivity contribution in [1.82, 2.24) is 0 Å². The summed E-state index contributed by atoms with van der Waals surface area (Å²) < 4.78 is 5.67. The number of likely N-dealkylation sites (tertiary alicyclic amines) is 1. The maximum absolute atomic E-state index is 9.99. The van der Waals surface area contributed by atoms with Crippen molar-refractivity contribution < 1.29 is 14.7 Å². The normalized spacial score (nSPS) is 17.7. The lowest BCUT2D eigenvalue weighted by Gasteiger charge is -2.17. The SMILES string of the molecule is Cc1cc(OC[C@@H](O)C[NH+]2CCCC2)cc(C)c1Cl. The van der Waals surface area contributed by atoms with Gasteiger partial charge in [0.05, 0.1) is 13.1 Å². The fraction of sp³-hybridized carbons (Fsp3) is 0.600. The van der Waals surface area contributed by atoms with Crippen molar-refractivity contribution in [3.05, 3.63) is 28.3 Å². The first-order valence-electron chi connectivity index (χ1n) is 6.97. The minimum Gasteiger partial charge on any atom is -0.491 e. The molecule has 0 bridgehead atoms. The number of aliphatic hydroxyl groups is 1. The molecule has 0 unspecified atom stereocenters. The van der Waals surface area contributed by atoms with Gasteiger partial charge >= 0.3 is 0 Å². The zero-order chi connectivity index (χ0) is 13.8. The summed E-state index contributed by atoms with van der Waals surface area (Å²) in [5, 5.41) is 10.8. The molecule has 0 amide bonds. The summed E-state index contributed by atoms with van der Waals surface area (Å²) in [6.45, 7) is 7.42. The van der Waals surface area contributed by atoms with Gasteiger partial charge in [-0.1, -0.05) is 11.6 Å². The highest BCUT2D eigenvalue weighted by Gasteiger charge is 2.19. The van der Waals surface area contributed by atoms with E-state index in [4.69, 9.17) is 16.3 Å². The molecule has 0 radical (unpaired) electrons. The predicted octanol–water partition coefficient (Wildman–Crippen LogP) is 1.38. The molecule has 4 heteroatoms. The van der Waals surface area contributed by atoms with Gasteiger partial charge in [-0.25, -0.2) is 0 Å². The largest absolute Gasteiger partial charge is 0.491 e. The summed E-state index contributed by atoms with van der Waals surface area (Å²) in [6.07, 6.45) is 2.15. The van der Waals surface area contributed by atoms with Crippen molar-refractivity contribution in [2.24, 2.45) is 0 Å². The van der Waals surface area contributed by atoms with E-state index in [1.54, 1.807) is 0 Å². The van der Waals surface area contributed by atoms with Gasteiger partial charge < -0.3 is 14.7 Å². The molecular formula is C15H23ClNO2+. The van der Waals surface area contributed by atoms with Gasteiger partial charge in [0.1, 0.15) is 25.0 Å². The second-order valence-corrected chi connectivity index (χ2v) is 5.88. The molecule has 1 aliphatic rings. The van der Waals surface area contributed by atoms with Gasteiger partial charge in [0.15, 0.2) is 0 Å². The fourth-order valence-corrected chi connectivity index (χ4v) is 2.76. The highest BCUT2D eigenvalue weighted by Crippen LogP contribution is 2.25. The summed E-state index contributed by atoms with van der Waals surface area (Å²) >= 11 is 6.12. The van der Waals surface area contributed by atoms with Crippen LogP contribution in [0.15, 0.2) is 12.1 Å². The third-order valence-electron chi connectivity index (χ3n) is 3.69. The molecule has 0 aliphatic carbocycles. The maximum Gasteiger partial charge on any atom is 0.137 e. The molecule has 0 saturated carbocycles. The number of hydrogen-bond acceptors (Lipinski definition) is 2. The highest BCUT2D eigenvalue weighted by molar-refractivity contribution is 6.32. The monoisotopic (exact) mass is 284 g/mol. The van der Waals surface area contributed by atoms with Crippen LogP contribution in [0, 0.1) is 13.8 Å². The van der Waals surface area contributed by atoms with Crippen molar-refractivity contribution in [3.63, 3.8) is 0 Å². The molecule has 2 rings (SSSR count). The molecule has 1 aromatic rings. The molecular weight excluding hydrogens is 262 g/mol. The Morgan fingerprint density at radius 1 is 1.26 bits per heavy atom. The van der Waals surface area contributed by atoms with E-state index in [2.05, 4.69) is 0 Å².